The van der Waals surface area contributed by atoms with Gasteiger partial charge in [0.25, 0.3) is 5.91 Å². The monoisotopic (exact) mass is 650 g/mol. The molecule has 1 atom stereocenters. The summed E-state index contributed by atoms with van der Waals surface area (Å²) >= 11 is 0. The summed E-state index contributed by atoms with van der Waals surface area (Å²) in [6.45, 7) is 13.4. The van der Waals surface area contributed by atoms with Gasteiger partial charge in [-0.05, 0) is 110 Å². The number of aromatic nitrogens is 2. The Morgan fingerprint density at radius 2 is 1.79 bits per heavy atom. The molecule has 2 spiro atoms. The molecule has 1 aliphatic carbocycles. The van der Waals surface area contributed by atoms with Gasteiger partial charge in [-0.3, -0.25) is 9.59 Å². The average Bonchev–Trinajstić information content (AvgIpc) is 3.32. The van der Waals surface area contributed by atoms with Gasteiger partial charge in [-0.15, -0.1) is 0 Å². The molecule has 6 rings (SSSR count). The summed E-state index contributed by atoms with van der Waals surface area (Å²) in [5, 5.41) is 3.32. The highest BCUT2D eigenvalue weighted by Gasteiger charge is 2.48. The molecule has 1 aromatic heterocycles. The molecule has 1 aromatic carbocycles. The second-order valence-corrected chi connectivity index (χ2v) is 15.1. The maximum atomic E-state index is 14.4. The van der Waals surface area contributed by atoms with Crippen LogP contribution < -0.4 is 15.0 Å². The number of ether oxygens (including phenoxy) is 2. The number of carbonyl (C=O) groups excluding carboxylic acids is 2. The molecule has 47 heavy (non-hydrogen) atoms. The molecule has 2 amide bonds. The minimum Gasteiger partial charge on any atom is -0.451 e. The summed E-state index contributed by atoms with van der Waals surface area (Å²) in [6, 6.07) is 3.97. The van der Waals surface area contributed by atoms with E-state index in [1.807, 2.05) is 27.7 Å². The predicted molar refractivity (Wildman–Crippen MR) is 178 cm³/mol. The SMILES string of the molecule is COC[C@@H]1C[C@]2(CC[C@@H](CN3CCC4(CC3)CN(c3ncncc3Oc3ccc(F)cc3C(=O)N(C(C)C)C(C)C)C4)CC2)NC1=O. The summed E-state index contributed by atoms with van der Waals surface area (Å²) in [5.74, 6) is 1.54. The molecule has 11 heteroatoms. The van der Waals surface area contributed by atoms with Crippen molar-refractivity contribution in [1.82, 2.24) is 25.1 Å². The van der Waals surface area contributed by atoms with Crippen molar-refractivity contribution in [2.45, 2.75) is 90.3 Å². The highest BCUT2D eigenvalue weighted by molar-refractivity contribution is 5.97. The van der Waals surface area contributed by atoms with Crippen LogP contribution in [0.25, 0.3) is 0 Å². The van der Waals surface area contributed by atoms with Crippen LogP contribution in [0.5, 0.6) is 11.5 Å². The fourth-order valence-electron chi connectivity index (χ4n) is 8.56. The number of methoxy groups -OCH3 is 1. The number of halogens is 1. The Morgan fingerprint density at radius 3 is 2.45 bits per heavy atom. The van der Waals surface area contributed by atoms with Crippen LogP contribution in [0.1, 0.15) is 83.0 Å². The number of benzene rings is 1. The van der Waals surface area contributed by atoms with E-state index in [4.69, 9.17) is 9.47 Å². The van der Waals surface area contributed by atoms with Crippen molar-refractivity contribution in [3.05, 3.63) is 42.1 Å². The average molecular weight is 651 g/mol. The third kappa shape index (κ3) is 7.11. The summed E-state index contributed by atoms with van der Waals surface area (Å²) in [5.41, 5.74) is 0.426. The number of carbonyl (C=O) groups is 2. The number of amides is 2. The lowest BCUT2D eigenvalue weighted by Gasteiger charge is -2.55. The lowest BCUT2D eigenvalue weighted by molar-refractivity contribution is -0.124. The Balaban J connectivity index is 1.03. The minimum atomic E-state index is -0.487. The first-order valence-corrected chi connectivity index (χ1v) is 17.4. The van der Waals surface area contributed by atoms with Crippen molar-refractivity contribution in [3.63, 3.8) is 0 Å². The van der Waals surface area contributed by atoms with Gasteiger partial charge in [0.1, 0.15) is 17.9 Å². The normalized spacial score (nSPS) is 25.8. The Morgan fingerprint density at radius 1 is 1.09 bits per heavy atom. The zero-order chi connectivity index (χ0) is 33.3. The van der Waals surface area contributed by atoms with Crippen LogP contribution in [-0.4, -0.2) is 95.6 Å². The van der Waals surface area contributed by atoms with E-state index in [1.165, 1.54) is 37.4 Å². The minimum absolute atomic E-state index is 0.00292. The number of piperidine rings is 1. The Labute approximate surface area is 278 Å². The molecular formula is C36H51FN6O4. The van der Waals surface area contributed by atoms with Crippen molar-refractivity contribution in [2.75, 3.05) is 51.3 Å². The molecule has 1 N–H and O–H groups in total. The van der Waals surface area contributed by atoms with Crippen molar-refractivity contribution in [3.8, 4) is 11.5 Å². The second-order valence-electron chi connectivity index (χ2n) is 15.1. The molecule has 256 valence electrons. The van der Waals surface area contributed by atoms with Crippen molar-refractivity contribution >= 4 is 17.6 Å². The predicted octanol–water partition coefficient (Wildman–Crippen LogP) is 5.28. The molecule has 3 aliphatic heterocycles. The summed E-state index contributed by atoms with van der Waals surface area (Å²) in [6.07, 6.45) is 10.8. The second kappa shape index (κ2) is 13.7. The number of likely N-dealkylation sites (tertiary alicyclic amines) is 1. The van der Waals surface area contributed by atoms with Crippen LogP contribution in [0.2, 0.25) is 0 Å². The van der Waals surface area contributed by atoms with Gasteiger partial charge in [0.15, 0.2) is 11.6 Å². The first-order valence-electron chi connectivity index (χ1n) is 17.4. The van der Waals surface area contributed by atoms with Crippen LogP contribution in [0, 0.1) is 23.1 Å². The first-order chi connectivity index (χ1) is 22.5. The maximum absolute atomic E-state index is 14.4. The zero-order valence-corrected chi connectivity index (χ0v) is 28.6. The van der Waals surface area contributed by atoms with Crippen LogP contribution >= 0.6 is 0 Å². The highest BCUT2D eigenvalue weighted by Crippen LogP contribution is 2.46. The third-order valence-corrected chi connectivity index (χ3v) is 11.0. The van der Waals surface area contributed by atoms with Gasteiger partial charge in [0, 0.05) is 49.8 Å². The summed E-state index contributed by atoms with van der Waals surface area (Å²) < 4.78 is 26.0. The number of anilines is 1. The molecule has 0 radical (unpaired) electrons. The molecule has 10 nitrogen and oxygen atoms in total. The van der Waals surface area contributed by atoms with Gasteiger partial charge in [-0.1, -0.05) is 0 Å². The smallest absolute Gasteiger partial charge is 0.258 e. The molecule has 4 fully saturated rings. The van der Waals surface area contributed by atoms with E-state index < -0.39 is 5.82 Å². The number of nitrogens with one attached hydrogen (secondary N) is 1. The van der Waals surface area contributed by atoms with Crippen molar-refractivity contribution in [2.24, 2.45) is 17.3 Å². The Hall–Kier alpha value is -3.31. The van der Waals surface area contributed by atoms with Gasteiger partial charge < -0.3 is 29.5 Å². The van der Waals surface area contributed by atoms with E-state index in [1.54, 1.807) is 18.2 Å². The molecular weight excluding hydrogens is 599 g/mol. The fourth-order valence-corrected chi connectivity index (χ4v) is 8.56. The number of rotatable bonds is 10. The van der Waals surface area contributed by atoms with Gasteiger partial charge in [-0.2, -0.15) is 0 Å². The zero-order valence-electron chi connectivity index (χ0n) is 28.6. The van der Waals surface area contributed by atoms with Gasteiger partial charge >= 0.3 is 0 Å². The van der Waals surface area contributed by atoms with E-state index in [-0.39, 0.29) is 46.3 Å². The van der Waals surface area contributed by atoms with E-state index in [9.17, 15) is 14.0 Å². The van der Waals surface area contributed by atoms with E-state index in [0.717, 1.165) is 64.8 Å². The lowest BCUT2D eigenvalue weighted by Crippen LogP contribution is -2.61. The number of hydrogen-bond donors (Lipinski definition) is 1. The molecule has 1 saturated carbocycles. The molecule has 4 heterocycles. The Kier molecular flexibility index (Phi) is 9.76. The van der Waals surface area contributed by atoms with Gasteiger partial charge in [0.2, 0.25) is 5.91 Å². The molecule has 2 aromatic rings. The quantitative estimate of drug-likeness (QED) is 0.371. The summed E-state index contributed by atoms with van der Waals surface area (Å²) in [7, 11) is 1.67. The van der Waals surface area contributed by atoms with E-state index >= 15 is 0 Å². The van der Waals surface area contributed by atoms with Crippen LogP contribution in [0.3, 0.4) is 0 Å². The van der Waals surface area contributed by atoms with E-state index in [0.29, 0.717) is 29.8 Å². The van der Waals surface area contributed by atoms with Gasteiger partial charge in [0.05, 0.1) is 24.3 Å². The fraction of sp³-hybridized carbons (Fsp3) is 0.667. The van der Waals surface area contributed by atoms with Gasteiger partial charge in [-0.25, -0.2) is 14.4 Å². The van der Waals surface area contributed by atoms with Crippen LogP contribution in [0.4, 0.5) is 10.2 Å². The number of nitrogens with zero attached hydrogens (tertiary/aromatic N) is 5. The van der Waals surface area contributed by atoms with E-state index in [2.05, 4.69) is 25.1 Å². The van der Waals surface area contributed by atoms with Crippen LogP contribution in [-0.2, 0) is 9.53 Å². The lowest BCUT2D eigenvalue weighted by atomic mass is 9.71. The summed E-state index contributed by atoms with van der Waals surface area (Å²) in [4.78, 5) is 41.4. The number of hydrogen-bond acceptors (Lipinski definition) is 8. The van der Waals surface area contributed by atoms with Crippen molar-refractivity contribution < 1.29 is 23.5 Å². The molecule has 0 unspecified atom stereocenters. The third-order valence-electron chi connectivity index (χ3n) is 11.0. The first kappa shape index (κ1) is 33.6. The molecule has 3 saturated heterocycles. The van der Waals surface area contributed by atoms with Crippen molar-refractivity contribution in [1.29, 1.82) is 0 Å². The molecule has 4 aliphatic rings. The highest BCUT2D eigenvalue weighted by atomic mass is 19.1. The van der Waals surface area contributed by atoms with Crippen LogP contribution in [0.15, 0.2) is 30.7 Å². The molecule has 0 bridgehead atoms. The topological polar surface area (TPSA) is 100 Å². The largest absolute Gasteiger partial charge is 0.451 e. The standard InChI is InChI=1S/C36H51FN6O4/c1-24(2)43(25(3)4)34(45)29-16-28(37)6-7-30(29)47-31-18-38-23-39-32(31)42-21-35(22-42)12-14-41(15-13-35)19-26-8-10-36(11-9-26)17-27(20-46-5)33(44)40-36/h6-7,16,18,23-27H,8-15,17,19-22H2,1-5H3,(H,40,44)/t26-,27-,36-/m0/s1. The Bertz CT molecular complexity index is 1420. The maximum Gasteiger partial charge on any atom is 0.258 e.